The largest absolute Gasteiger partial charge is 0.342 e. The molecule has 1 unspecified atom stereocenters. The maximum atomic E-state index is 13.2. The number of aromatic nitrogens is 3. The van der Waals surface area contributed by atoms with Gasteiger partial charge in [-0.3, -0.25) is 9.59 Å². The number of imidazole rings is 1. The summed E-state index contributed by atoms with van der Waals surface area (Å²) in [6.45, 7) is 3.85. The van der Waals surface area contributed by atoms with Gasteiger partial charge >= 0.3 is 0 Å². The van der Waals surface area contributed by atoms with Gasteiger partial charge in [-0.2, -0.15) is 0 Å². The highest BCUT2D eigenvalue weighted by molar-refractivity contribution is 5.99. The van der Waals surface area contributed by atoms with Crippen molar-refractivity contribution < 1.29 is 9.59 Å². The Hall–Kier alpha value is -3.22. The standard InChI is InChI=1S/C23H27N5O2/c1-3-4-10-20-23(30)26(2)11-12-28(20)22(29)18-13-19-21(24-14-18)27(16-25-19)15-17-8-6-5-7-9-17/h5-9,13-14,16,20H,3-4,10-12,15H2,1-2H3. The van der Waals surface area contributed by atoms with Crippen LogP contribution in [0.4, 0.5) is 0 Å². The fourth-order valence-electron chi connectivity index (χ4n) is 3.96. The molecule has 1 aromatic carbocycles. The van der Waals surface area contributed by atoms with Crippen LogP contribution in [0.15, 0.2) is 48.9 Å². The van der Waals surface area contributed by atoms with E-state index in [9.17, 15) is 9.59 Å². The molecule has 0 N–H and O–H groups in total. The van der Waals surface area contributed by atoms with Crippen LogP contribution in [0.25, 0.3) is 11.2 Å². The van der Waals surface area contributed by atoms with Crippen LogP contribution in [0, 0.1) is 0 Å². The summed E-state index contributed by atoms with van der Waals surface area (Å²) in [5.41, 5.74) is 3.06. The number of fused-ring (bicyclic) bond motifs is 1. The molecule has 7 heteroatoms. The second-order valence-electron chi connectivity index (χ2n) is 7.84. The van der Waals surface area contributed by atoms with Gasteiger partial charge in [0, 0.05) is 26.3 Å². The summed E-state index contributed by atoms with van der Waals surface area (Å²) in [6.07, 6.45) is 5.94. The minimum Gasteiger partial charge on any atom is -0.342 e. The molecule has 156 valence electrons. The van der Waals surface area contributed by atoms with Crippen LogP contribution in [-0.2, 0) is 11.3 Å². The normalized spacial score (nSPS) is 17.0. The van der Waals surface area contributed by atoms with Crippen LogP contribution in [-0.4, -0.2) is 62.3 Å². The van der Waals surface area contributed by atoms with Crippen molar-refractivity contribution in [3.8, 4) is 0 Å². The molecular weight excluding hydrogens is 378 g/mol. The minimum atomic E-state index is -0.400. The van der Waals surface area contributed by atoms with E-state index >= 15 is 0 Å². The highest BCUT2D eigenvalue weighted by Crippen LogP contribution is 2.21. The number of amides is 2. The number of hydrogen-bond acceptors (Lipinski definition) is 4. The molecule has 3 aromatic rings. The predicted molar refractivity (Wildman–Crippen MR) is 115 cm³/mol. The van der Waals surface area contributed by atoms with Crippen LogP contribution >= 0.6 is 0 Å². The molecule has 0 bridgehead atoms. The van der Waals surface area contributed by atoms with Crippen LogP contribution in [0.5, 0.6) is 0 Å². The van der Waals surface area contributed by atoms with E-state index in [1.807, 2.05) is 22.8 Å². The first kappa shape index (κ1) is 20.1. The Bertz CT molecular complexity index is 1050. The van der Waals surface area contributed by atoms with Crippen molar-refractivity contribution in [2.45, 2.75) is 38.8 Å². The van der Waals surface area contributed by atoms with Crippen LogP contribution < -0.4 is 0 Å². The molecule has 7 nitrogen and oxygen atoms in total. The quantitative estimate of drug-likeness (QED) is 0.632. The maximum Gasteiger partial charge on any atom is 0.256 e. The van der Waals surface area contributed by atoms with Crippen molar-refractivity contribution in [2.24, 2.45) is 0 Å². The van der Waals surface area contributed by atoms with E-state index in [0.29, 0.717) is 37.1 Å². The third-order valence-electron chi connectivity index (χ3n) is 5.70. The van der Waals surface area contributed by atoms with E-state index in [1.54, 1.807) is 35.4 Å². The Kier molecular flexibility index (Phi) is 5.79. The first-order chi connectivity index (χ1) is 14.6. The van der Waals surface area contributed by atoms with Crippen molar-refractivity contribution in [1.29, 1.82) is 0 Å². The molecule has 4 rings (SSSR count). The molecule has 1 saturated heterocycles. The summed E-state index contributed by atoms with van der Waals surface area (Å²) in [6, 6.07) is 11.5. The van der Waals surface area contributed by atoms with E-state index in [4.69, 9.17) is 0 Å². The Labute approximate surface area is 176 Å². The summed E-state index contributed by atoms with van der Waals surface area (Å²) >= 11 is 0. The number of carbonyl (C=O) groups is 2. The molecule has 0 aliphatic carbocycles. The topological polar surface area (TPSA) is 71.3 Å². The van der Waals surface area contributed by atoms with Gasteiger partial charge in [0.05, 0.1) is 18.4 Å². The average Bonchev–Trinajstić information content (AvgIpc) is 3.17. The highest BCUT2D eigenvalue weighted by atomic mass is 16.2. The first-order valence-corrected chi connectivity index (χ1v) is 10.5. The van der Waals surface area contributed by atoms with Crippen LogP contribution in [0.2, 0.25) is 0 Å². The fourth-order valence-corrected chi connectivity index (χ4v) is 3.96. The summed E-state index contributed by atoms with van der Waals surface area (Å²) < 4.78 is 1.97. The van der Waals surface area contributed by atoms with Gasteiger partial charge in [0.2, 0.25) is 5.91 Å². The second-order valence-corrected chi connectivity index (χ2v) is 7.84. The summed E-state index contributed by atoms with van der Waals surface area (Å²) in [5.74, 6) is -0.131. The first-order valence-electron chi connectivity index (χ1n) is 10.5. The SMILES string of the molecule is CCCCC1C(=O)N(C)CCN1C(=O)c1cnc2c(c1)ncn2Cc1ccccc1. The third kappa shape index (κ3) is 3.92. The zero-order chi connectivity index (χ0) is 21.1. The van der Waals surface area contributed by atoms with Gasteiger partial charge in [-0.05, 0) is 18.1 Å². The molecule has 1 atom stereocenters. The Balaban J connectivity index is 1.58. The van der Waals surface area contributed by atoms with Crippen molar-refractivity contribution in [1.82, 2.24) is 24.3 Å². The summed E-state index contributed by atoms with van der Waals surface area (Å²) in [7, 11) is 1.80. The lowest BCUT2D eigenvalue weighted by Crippen LogP contribution is -2.57. The van der Waals surface area contributed by atoms with E-state index in [1.165, 1.54) is 0 Å². The number of likely N-dealkylation sites (N-methyl/N-ethyl adjacent to an activating group) is 1. The number of rotatable bonds is 6. The smallest absolute Gasteiger partial charge is 0.256 e. The number of nitrogens with zero attached hydrogens (tertiary/aromatic N) is 5. The number of hydrogen-bond donors (Lipinski definition) is 0. The lowest BCUT2D eigenvalue weighted by Gasteiger charge is -2.39. The molecule has 0 radical (unpaired) electrons. The lowest BCUT2D eigenvalue weighted by atomic mass is 10.0. The molecule has 1 aliphatic heterocycles. The number of benzene rings is 1. The second kappa shape index (κ2) is 8.65. The van der Waals surface area contributed by atoms with Crippen molar-refractivity contribution >= 4 is 23.0 Å². The molecule has 30 heavy (non-hydrogen) atoms. The molecule has 2 aromatic heterocycles. The van der Waals surface area contributed by atoms with Crippen molar-refractivity contribution in [3.05, 3.63) is 60.0 Å². The monoisotopic (exact) mass is 405 g/mol. The average molecular weight is 406 g/mol. The zero-order valence-corrected chi connectivity index (χ0v) is 17.5. The van der Waals surface area contributed by atoms with Gasteiger partial charge in [-0.15, -0.1) is 0 Å². The van der Waals surface area contributed by atoms with Gasteiger partial charge in [0.1, 0.15) is 11.6 Å². The zero-order valence-electron chi connectivity index (χ0n) is 17.5. The molecule has 1 fully saturated rings. The van der Waals surface area contributed by atoms with E-state index in [0.717, 1.165) is 24.1 Å². The Morgan fingerprint density at radius 2 is 1.97 bits per heavy atom. The number of carbonyl (C=O) groups excluding carboxylic acids is 2. The highest BCUT2D eigenvalue weighted by Gasteiger charge is 2.36. The molecule has 2 amide bonds. The van der Waals surface area contributed by atoms with Crippen molar-refractivity contribution in [3.63, 3.8) is 0 Å². The molecule has 3 heterocycles. The summed E-state index contributed by atoms with van der Waals surface area (Å²) in [4.78, 5) is 38.3. The van der Waals surface area contributed by atoms with Gasteiger partial charge in [-0.1, -0.05) is 50.1 Å². The Morgan fingerprint density at radius 1 is 1.17 bits per heavy atom. The van der Waals surface area contributed by atoms with Gasteiger partial charge < -0.3 is 14.4 Å². The van der Waals surface area contributed by atoms with E-state index in [-0.39, 0.29) is 11.8 Å². The van der Waals surface area contributed by atoms with Gasteiger partial charge in [-0.25, -0.2) is 9.97 Å². The number of unbranched alkanes of at least 4 members (excludes halogenated alkanes) is 1. The van der Waals surface area contributed by atoms with Gasteiger partial charge in [0.15, 0.2) is 5.65 Å². The molecule has 0 spiro atoms. The van der Waals surface area contributed by atoms with E-state index < -0.39 is 6.04 Å². The van der Waals surface area contributed by atoms with Crippen molar-refractivity contribution in [2.75, 3.05) is 20.1 Å². The predicted octanol–water partition coefficient (Wildman–Crippen LogP) is 2.95. The maximum absolute atomic E-state index is 13.2. The van der Waals surface area contributed by atoms with E-state index in [2.05, 4.69) is 29.0 Å². The fraction of sp³-hybridized carbons (Fsp3) is 0.391. The number of pyridine rings is 1. The number of piperazine rings is 1. The lowest BCUT2D eigenvalue weighted by molar-refractivity contribution is -0.138. The molecular formula is C23H27N5O2. The minimum absolute atomic E-state index is 0.0178. The molecule has 0 saturated carbocycles. The Morgan fingerprint density at radius 3 is 2.73 bits per heavy atom. The molecule has 1 aliphatic rings. The van der Waals surface area contributed by atoms with Crippen LogP contribution in [0.1, 0.15) is 42.1 Å². The van der Waals surface area contributed by atoms with Crippen LogP contribution in [0.3, 0.4) is 0 Å². The summed E-state index contributed by atoms with van der Waals surface area (Å²) in [5, 5.41) is 0. The third-order valence-corrected chi connectivity index (χ3v) is 5.70. The van der Waals surface area contributed by atoms with Gasteiger partial charge in [0.25, 0.3) is 5.91 Å².